The summed E-state index contributed by atoms with van der Waals surface area (Å²) >= 11 is 1.70. The van der Waals surface area contributed by atoms with Crippen LogP contribution in [0.4, 0.5) is 0 Å². The van der Waals surface area contributed by atoms with Crippen molar-refractivity contribution in [2.45, 2.75) is 20.8 Å². The monoisotopic (exact) mass is 179 g/mol. The van der Waals surface area contributed by atoms with Crippen molar-refractivity contribution in [3.05, 3.63) is 29.3 Å². The van der Waals surface area contributed by atoms with E-state index in [9.17, 15) is 0 Å². The lowest BCUT2D eigenvalue weighted by atomic mass is 10.2. The Bertz CT molecular complexity index is 351. The number of aromatic nitrogens is 1. The van der Waals surface area contributed by atoms with Crippen LogP contribution in [0.5, 0.6) is 0 Å². The Morgan fingerprint density at radius 1 is 1.33 bits per heavy atom. The summed E-state index contributed by atoms with van der Waals surface area (Å²) in [6.07, 6.45) is 1.83. The van der Waals surface area contributed by atoms with Gasteiger partial charge in [-0.2, -0.15) is 0 Å². The first-order valence-electron chi connectivity index (χ1n) is 4.17. The first-order chi connectivity index (χ1) is 5.88. The van der Waals surface area contributed by atoms with Gasteiger partial charge in [0, 0.05) is 11.6 Å². The number of aryl methyl sites for hydroxylation is 1. The van der Waals surface area contributed by atoms with Crippen molar-refractivity contribution in [3.63, 3.8) is 0 Å². The molecular formula is C10H13NS. The molecule has 64 valence electrons. The van der Waals surface area contributed by atoms with Crippen LogP contribution in [0.25, 0.3) is 10.2 Å². The van der Waals surface area contributed by atoms with E-state index in [1.54, 1.807) is 11.3 Å². The average molecular weight is 179 g/mol. The van der Waals surface area contributed by atoms with E-state index in [1.807, 2.05) is 26.1 Å². The fourth-order valence-electron chi connectivity index (χ4n) is 0.993. The second-order valence-corrected chi connectivity index (χ2v) is 3.13. The molecule has 0 N–H and O–H groups in total. The summed E-state index contributed by atoms with van der Waals surface area (Å²) in [5.41, 5.74) is 1.33. The van der Waals surface area contributed by atoms with Crippen molar-refractivity contribution in [3.8, 4) is 0 Å². The maximum Gasteiger partial charge on any atom is 0.123 e. The van der Waals surface area contributed by atoms with Gasteiger partial charge in [0.05, 0.1) is 0 Å². The highest BCUT2D eigenvalue weighted by molar-refractivity contribution is 7.16. The van der Waals surface area contributed by atoms with Crippen LogP contribution in [0, 0.1) is 6.92 Å². The maximum atomic E-state index is 4.22. The zero-order valence-corrected chi connectivity index (χ0v) is 8.48. The van der Waals surface area contributed by atoms with E-state index in [4.69, 9.17) is 0 Å². The van der Waals surface area contributed by atoms with Crippen molar-refractivity contribution in [1.29, 1.82) is 0 Å². The van der Waals surface area contributed by atoms with Gasteiger partial charge in [0.25, 0.3) is 0 Å². The lowest BCUT2D eigenvalue weighted by Gasteiger charge is -1.86. The van der Waals surface area contributed by atoms with E-state index in [1.165, 1.54) is 10.9 Å². The Kier molecular flexibility index (Phi) is 3.23. The van der Waals surface area contributed by atoms with E-state index < -0.39 is 0 Å². The Hall–Kier alpha value is -0.890. The number of fused-ring (bicyclic) bond motifs is 1. The van der Waals surface area contributed by atoms with Crippen LogP contribution < -0.4 is 0 Å². The van der Waals surface area contributed by atoms with Gasteiger partial charge < -0.3 is 0 Å². The van der Waals surface area contributed by atoms with Crippen molar-refractivity contribution in [2.24, 2.45) is 0 Å². The standard InChI is InChI=1S/C8H7NS.C2H6/c1-6-5-10-8-7(6)3-2-4-9-8;1-2/h2-5H,1H3;1-2H3. The first kappa shape index (κ1) is 9.20. The van der Waals surface area contributed by atoms with Crippen LogP contribution >= 0.6 is 11.3 Å². The van der Waals surface area contributed by atoms with Gasteiger partial charge in [-0.15, -0.1) is 11.3 Å². The Morgan fingerprint density at radius 3 is 2.75 bits per heavy atom. The summed E-state index contributed by atoms with van der Waals surface area (Å²) in [6.45, 7) is 6.11. The molecule has 0 aliphatic carbocycles. The van der Waals surface area contributed by atoms with E-state index in [0.29, 0.717) is 0 Å². The molecule has 2 heteroatoms. The lowest BCUT2D eigenvalue weighted by Crippen LogP contribution is -1.69. The molecule has 0 saturated carbocycles. The predicted octanol–water partition coefficient (Wildman–Crippen LogP) is 3.63. The molecule has 0 aliphatic rings. The third-order valence-corrected chi connectivity index (χ3v) is 2.56. The van der Waals surface area contributed by atoms with Gasteiger partial charge >= 0.3 is 0 Å². The van der Waals surface area contributed by atoms with E-state index in [-0.39, 0.29) is 0 Å². The van der Waals surface area contributed by atoms with Gasteiger partial charge in [-0.1, -0.05) is 19.9 Å². The molecule has 0 spiro atoms. The molecule has 0 bridgehead atoms. The minimum Gasteiger partial charge on any atom is -0.245 e. The molecule has 1 nitrogen and oxygen atoms in total. The van der Waals surface area contributed by atoms with Crippen LogP contribution in [-0.4, -0.2) is 4.98 Å². The molecule has 2 aromatic heterocycles. The van der Waals surface area contributed by atoms with Gasteiger partial charge in [-0.3, -0.25) is 0 Å². The number of rotatable bonds is 0. The van der Waals surface area contributed by atoms with Gasteiger partial charge in [-0.05, 0) is 23.9 Å². The summed E-state index contributed by atoms with van der Waals surface area (Å²) < 4.78 is 0. The Balaban J connectivity index is 0.000000336. The van der Waals surface area contributed by atoms with Crippen LogP contribution in [-0.2, 0) is 0 Å². The SMILES string of the molecule is CC.Cc1csc2ncccc12. The normalized spacial score (nSPS) is 9.25. The second-order valence-electron chi connectivity index (χ2n) is 2.27. The zero-order valence-electron chi connectivity index (χ0n) is 7.66. The molecule has 2 heterocycles. The van der Waals surface area contributed by atoms with E-state index >= 15 is 0 Å². The Labute approximate surface area is 77.1 Å². The molecule has 0 radical (unpaired) electrons. The van der Waals surface area contributed by atoms with Crippen LogP contribution in [0.1, 0.15) is 19.4 Å². The molecule has 0 aromatic carbocycles. The van der Waals surface area contributed by atoms with Gasteiger partial charge in [0.1, 0.15) is 4.83 Å². The van der Waals surface area contributed by atoms with Gasteiger partial charge in [-0.25, -0.2) is 4.98 Å². The fraction of sp³-hybridized carbons (Fsp3) is 0.300. The number of pyridine rings is 1. The lowest BCUT2D eigenvalue weighted by molar-refractivity contribution is 1.44. The summed E-state index contributed by atoms with van der Waals surface area (Å²) in [6, 6.07) is 4.08. The van der Waals surface area contributed by atoms with Crippen molar-refractivity contribution >= 4 is 21.6 Å². The topological polar surface area (TPSA) is 12.9 Å². The third kappa shape index (κ3) is 1.64. The minimum atomic E-state index is 1.14. The quantitative estimate of drug-likeness (QED) is 0.601. The first-order valence-corrected chi connectivity index (χ1v) is 5.05. The third-order valence-electron chi connectivity index (χ3n) is 1.54. The highest BCUT2D eigenvalue weighted by Crippen LogP contribution is 2.21. The summed E-state index contributed by atoms with van der Waals surface area (Å²) in [7, 11) is 0. The predicted molar refractivity (Wildman–Crippen MR) is 55.7 cm³/mol. The van der Waals surface area contributed by atoms with E-state index in [0.717, 1.165) is 4.83 Å². The molecule has 0 amide bonds. The molecule has 12 heavy (non-hydrogen) atoms. The Morgan fingerprint density at radius 2 is 2.08 bits per heavy atom. The van der Waals surface area contributed by atoms with Crippen LogP contribution in [0.2, 0.25) is 0 Å². The number of hydrogen-bond acceptors (Lipinski definition) is 2. The largest absolute Gasteiger partial charge is 0.245 e. The zero-order chi connectivity index (χ0) is 8.97. The molecule has 0 aliphatic heterocycles. The molecule has 0 fully saturated rings. The second kappa shape index (κ2) is 4.21. The highest BCUT2D eigenvalue weighted by Gasteiger charge is 1.96. The number of thiophene rings is 1. The summed E-state index contributed by atoms with van der Waals surface area (Å²) in [4.78, 5) is 5.36. The fourth-order valence-corrected chi connectivity index (χ4v) is 1.89. The van der Waals surface area contributed by atoms with Crippen molar-refractivity contribution in [1.82, 2.24) is 4.98 Å². The molecular weight excluding hydrogens is 166 g/mol. The number of hydrogen-bond donors (Lipinski definition) is 0. The van der Waals surface area contributed by atoms with E-state index in [2.05, 4.69) is 23.4 Å². The van der Waals surface area contributed by atoms with Crippen LogP contribution in [0.3, 0.4) is 0 Å². The van der Waals surface area contributed by atoms with Gasteiger partial charge in [0.15, 0.2) is 0 Å². The minimum absolute atomic E-state index is 1.14. The van der Waals surface area contributed by atoms with Crippen molar-refractivity contribution in [2.75, 3.05) is 0 Å². The molecule has 0 saturated heterocycles. The van der Waals surface area contributed by atoms with Gasteiger partial charge in [0.2, 0.25) is 0 Å². The molecule has 0 atom stereocenters. The number of nitrogens with zero attached hydrogens (tertiary/aromatic N) is 1. The maximum absolute atomic E-state index is 4.22. The van der Waals surface area contributed by atoms with Crippen LogP contribution in [0.15, 0.2) is 23.7 Å². The highest BCUT2D eigenvalue weighted by atomic mass is 32.1. The average Bonchev–Trinajstić information content (AvgIpc) is 2.53. The molecule has 0 unspecified atom stereocenters. The summed E-state index contributed by atoms with van der Waals surface area (Å²) in [5, 5.41) is 3.42. The smallest absolute Gasteiger partial charge is 0.123 e. The molecule has 2 rings (SSSR count). The summed E-state index contributed by atoms with van der Waals surface area (Å²) in [5.74, 6) is 0. The molecule has 2 aromatic rings. The van der Waals surface area contributed by atoms with Crippen molar-refractivity contribution < 1.29 is 0 Å².